The second-order valence-electron chi connectivity index (χ2n) is 5.00. The number of nitrogens with one attached hydrogen (secondary N) is 1. The standard InChI is InChI=1S/C15H22N4OS/c1-4-13-10-17-19(11-13)15(16-5-2)18-21(20)14-8-6-12(3)7-9-14/h6-10,13H,4-5,11H2,1-3H3,(H,16,18). The second-order valence-corrected chi connectivity index (χ2v) is 6.21. The minimum atomic E-state index is -1.33. The van der Waals surface area contributed by atoms with Gasteiger partial charge < -0.3 is 0 Å². The van der Waals surface area contributed by atoms with Crippen LogP contribution < -0.4 is 4.72 Å². The molecule has 1 aliphatic heterocycles. The molecule has 0 radical (unpaired) electrons. The van der Waals surface area contributed by atoms with E-state index >= 15 is 0 Å². The number of hydrogen-bond donors (Lipinski definition) is 1. The van der Waals surface area contributed by atoms with E-state index in [1.54, 1.807) is 5.01 Å². The van der Waals surface area contributed by atoms with E-state index < -0.39 is 11.0 Å². The van der Waals surface area contributed by atoms with Crippen LogP contribution >= 0.6 is 0 Å². The van der Waals surface area contributed by atoms with Gasteiger partial charge in [-0.05, 0) is 32.4 Å². The van der Waals surface area contributed by atoms with Crippen molar-refractivity contribution in [2.75, 3.05) is 13.1 Å². The molecule has 2 rings (SSSR count). The van der Waals surface area contributed by atoms with Gasteiger partial charge in [-0.2, -0.15) is 5.10 Å². The molecule has 5 nitrogen and oxygen atoms in total. The Bertz CT molecular complexity index is 553. The average molecular weight is 306 g/mol. The van der Waals surface area contributed by atoms with Gasteiger partial charge in [0.2, 0.25) is 5.96 Å². The zero-order valence-corrected chi connectivity index (χ0v) is 13.6. The minimum Gasteiger partial charge on any atom is -0.270 e. The number of aliphatic imine (C=N–C) groups is 1. The molecule has 0 bridgehead atoms. The van der Waals surface area contributed by atoms with Crippen molar-refractivity contribution in [2.24, 2.45) is 16.0 Å². The summed E-state index contributed by atoms with van der Waals surface area (Å²) in [5, 5.41) is 6.14. The highest BCUT2D eigenvalue weighted by molar-refractivity contribution is 7.83. The monoisotopic (exact) mass is 306 g/mol. The molecule has 6 heteroatoms. The molecule has 0 saturated carbocycles. The summed E-state index contributed by atoms with van der Waals surface area (Å²) in [5.74, 6) is 1.00. The van der Waals surface area contributed by atoms with E-state index in [0.717, 1.165) is 23.4 Å². The van der Waals surface area contributed by atoms with Crippen LogP contribution in [-0.4, -0.2) is 34.5 Å². The van der Waals surface area contributed by atoms with Gasteiger partial charge in [-0.3, -0.25) is 9.71 Å². The summed E-state index contributed by atoms with van der Waals surface area (Å²) in [6.07, 6.45) is 2.97. The molecule has 0 aromatic heterocycles. The highest BCUT2D eigenvalue weighted by atomic mass is 32.2. The highest BCUT2D eigenvalue weighted by Gasteiger charge is 2.21. The smallest absolute Gasteiger partial charge is 0.227 e. The Morgan fingerprint density at radius 3 is 2.71 bits per heavy atom. The van der Waals surface area contributed by atoms with E-state index in [4.69, 9.17) is 0 Å². The predicted molar refractivity (Wildman–Crippen MR) is 87.7 cm³/mol. The first-order valence-corrected chi connectivity index (χ1v) is 8.40. The summed E-state index contributed by atoms with van der Waals surface area (Å²) in [6.45, 7) is 7.50. The van der Waals surface area contributed by atoms with Crippen LogP contribution in [0.25, 0.3) is 0 Å². The van der Waals surface area contributed by atoms with E-state index in [1.165, 1.54) is 0 Å². The number of rotatable bonds is 4. The van der Waals surface area contributed by atoms with E-state index in [-0.39, 0.29) is 0 Å². The molecule has 0 amide bonds. The van der Waals surface area contributed by atoms with Crippen molar-refractivity contribution in [2.45, 2.75) is 32.1 Å². The second kappa shape index (κ2) is 7.36. The van der Waals surface area contributed by atoms with Crippen LogP contribution in [0.15, 0.2) is 39.3 Å². The van der Waals surface area contributed by atoms with Gasteiger partial charge in [-0.15, -0.1) is 0 Å². The molecule has 0 spiro atoms. The first kappa shape index (κ1) is 15.7. The van der Waals surface area contributed by atoms with E-state index in [0.29, 0.717) is 18.4 Å². The molecule has 21 heavy (non-hydrogen) atoms. The third-order valence-corrected chi connectivity index (χ3v) is 4.39. The SMILES string of the molecule is CCN=C(NS(=O)c1ccc(C)cc1)N1CC(CC)C=N1. The number of guanidine groups is 1. The number of hydrazone groups is 1. The molecule has 1 aliphatic rings. The minimum absolute atomic E-state index is 0.432. The quantitative estimate of drug-likeness (QED) is 0.685. The molecule has 1 heterocycles. The maximum absolute atomic E-state index is 12.4. The van der Waals surface area contributed by atoms with Gasteiger partial charge in [0.15, 0.2) is 11.0 Å². The molecule has 2 unspecified atom stereocenters. The lowest BCUT2D eigenvalue weighted by molar-refractivity contribution is 0.431. The van der Waals surface area contributed by atoms with Gasteiger partial charge in [0.25, 0.3) is 0 Å². The largest absolute Gasteiger partial charge is 0.270 e. The summed E-state index contributed by atoms with van der Waals surface area (Å²) in [4.78, 5) is 5.12. The molecule has 114 valence electrons. The van der Waals surface area contributed by atoms with Crippen molar-refractivity contribution in [3.8, 4) is 0 Å². The normalized spacial score (nSPS) is 19.9. The zero-order valence-electron chi connectivity index (χ0n) is 12.7. The molecule has 1 aromatic rings. The third-order valence-electron chi connectivity index (χ3n) is 3.32. The van der Waals surface area contributed by atoms with Crippen LogP contribution in [0, 0.1) is 12.8 Å². The van der Waals surface area contributed by atoms with E-state index in [9.17, 15) is 4.21 Å². The molecular weight excluding hydrogens is 284 g/mol. The Balaban J connectivity index is 2.07. The Hall–Kier alpha value is -1.69. The maximum Gasteiger partial charge on any atom is 0.227 e. The maximum atomic E-state index is 12.4. The van der Waals surface area contributed by atoms with Crippen molar-refractivity contribution in [1.29, 1.82) is 0 Å². The Kier molecular flexibility index (Phi) is 5.50. The topological polar surface area (TPSA) is 57.1 Å². The van der Waals surface area contributed by atoms with Crippen molar-refractivity contribution >= 4 is 23.2 Å². The first-order chi connectivity index (χ1) is 10.1. The van der Waals surface area contributed by atoms with Crippen molar-refractivity contribution in [3.05, 3.63) is 29.8 Å². The summed E-state index contributed by atoms with van der Waals surface area (Å²) < 4.78 is 15.4. The van der Waals surface area contributed by atoms with Crippen molar-refractivity contribution < 1.29 is 4.21 Å². The molecule has 1 aromatic carbocycles. The average Bonchev–Trinajstić information content (AvgIpc) is 2.96. The van der Waals surface area contributed by atoms with Gasteiger partial charge in [-0.1, -0.05) is 24.6 Å². The molecule has 2 atom stereocenters. The molecule has 0 saturated heterocycles. The van der Waals surface area contributed by atoms with Crippen molar-refractivity contribution in [3.63, 3.8) is 0 Å². The van der Waals surface area contributed by atoms with Gasteiger partial charge in [0, 0.05) is 18.7 Å². The number of aryl methyl sites for hydroxylation is 1. The fourth-order valence-electron chi connectivity index (χ4n) is 1.99. The van der Waals surface area contributed by atoms with Crippen LogP contribution in [0.2, 0.25) is 0 Å². The van der Waals surface area contributed by atoms with E-state index in [1.807, 2.05) is 44.3 Å². The summed E-state index contributed by atoms with van der Waals surface area (Å²) in [5.41, 5.74) is 1.15. The van der Waals surface area contributed by atoms with Crippen LogP contribution in [-0.2, 0) is 11.0 Å². The lowest BCUT2D eigenvalue weighted by atomic mass is 10.1. The number of nitrogens with zero attached hydrogens (tertiary/aromatic N) is 3. The van der Waals surface area contributed by atoms with Gasteiger partial charge >= 0.3 is 0 Å². The van der Waals surface area contributed by atoms with Crippen molar-refractivity contribution in [1.82, 2.24) is 9.73 Å². The number of hydrogen-bond acceptors (Lipinski definition) is 3. The van der Waals surface area contributed by atoms with Gasteiger partial charge in [0.1, 0.15) is 0 Å². The van der Waals surface area contributed by atoms with Crippen LogP contribution in [0.3, 0.4) is 0 Å². The lowest BCUT2D eigenvalue weighted by Gasteiger charge is -2.18. The van der Waals surface area contributed by atoms with E-state index in [2.05, 4.69) is 21.7 Å². The molecule has 1 N–H and O–H groups in total. The molecule has 0 aliphatic carbocycles. The molecular formula is C15H22N4OS. The zero-order chi connectivity index (χ0) is 15.2. The third kappa shape index (κ3) is 4.14. The van der Waals surface area contributed by atoms with Crippen LogP contribution in [0.1, 0.15) is 25.8 Å². The van der Waals surface area contributed by atoms with Crippen LogP contribution in [0.4, 0.5) is 0 Å². The molecule has 0 fully saturated rings. The Labute approximate surface area is 128 Å². The fourth-order valence-corrected chi connectivity index (χ4v) is 2.82. The fraction of sp³-hybridized carbons (Fsp3) is 0.467. The Morgan fingerprint density at radius 1 is 1.43 bits per heavy atom. The highest BCUT2D eigenvalue weighted by Crippen LogP contribution is 2.12. The lowest BCUT2D eigenvalue weighted by Crippen LogP contribution is -2.39. The summed E-state index contributed by atoms with van der Waals surface area (Å²) in [6, 6.07) is 7.63. The number of benzene rings is 1. The Morgan fingerprint density at radius 2 is 2.14 bits per heavy atom. The summed E-state index contributed by atoms with van der Waals surface area (Å²) >= 11 is 0. The predicted octanol–water partition coefficient (Wildman–Crippen LogP) is 2.31. The van der Waals surface area contributed by atoms with Gasteiger partial charge in [-0.25, -0.2) is 9.22 Å². The van der Waals surface area contributed by atoms with Crippen LogP contribution in [0.5, 0.6) is 0 Å². The summed E-state index contributed by atoms with van der Waals surface area (Å²) in [7, 11) is -1.33. The first-order valence-electron chi connectivity index (χ1n) is 7.25. The van der Waals surface area contributed by atoms with Gasteiger partial charge in [0.05, 0.1) is 11.4 Å².